The van der Waals surface area contributed by atoms with Crippen LogP contribution in [0.5, 0.6) is 5.75 Å². The predicted molar refractivity (Wildman–Crippen MR) is 102 cm³/mol. The number of nitriles is 2. The van der Waals surface area contributed by atoms with Gasteiger partial charge in [0.1, 0.15) is 24.0 Å². The van der Waals surface area contributed by atoms with Crippen molar-refractivity contribution in [3.8, 4) is 17.9 Å². The van der Waals surface area contributed by atoms with Gasteiger partial charge < -0.3 is 9.64 Å². The van der Waals surface area contributed by atoms with Crippen LogP contribution < -0.4 is 4.74 Å². The fourth-order valence-electron chi connectivity index (χ4n) is 2.18. The topological polar surface area (TPSA) is 77.1 Å². The molecule has 130 valence electrons. The maximum Gasteiger partial charge on any atom is 0.264 e. The van der Waals surface area contributed by atoms with Crippen molar-refractivity contribution < 1.29 is 9.53 Å². The highest BCUT2D eigenvalue weighted by atomic mass is 79.9. The summed E-state index contributed by atoms with van der Waals surface area (Å²) in [5.41, 5.74) is 2.13. The second-order valence-corrected chi connectivity index (χ2v) is 6.47. The highest BCUT2D eigenvalue weighted by molar-refractivity contribution is 9.10. The lowest BCUT2D eigenvalue weighted by molar-refractivity contribution is -0.124. The molecule has 2 aromatic carbocycles. The quantitative estimate of drug-likeness (QED) is 0.554. The summed E-state index contributed by atoms with van der Waals surface area (Å²) >= 11 is 3.44. The van der Waals surface area contributed by atoms with E-state index in [0.29, 0.717) is 21.3 Å². The first-order valence-corrected chi connectivity index (χ1v) is 8.49. The van der Waals surface area contributed by atoms with Crippen molar-refractivity contribution in [3.63, 3.8) is 0 Å². The van der Waals surface area contributed by atoms with Crippen LogP contribution in [0.15, 0.2) is 52.5 Å². The summed E-state index contributed by atoms with van der Waals surface area (Å²) < 4.78 is 6.47. The predicted octanol–water partition coefficient (Wildman–Crippen LogP) is 3.89. The number of carbonyl (C=O) groups excluding carboxylic acids is 1. The number of nitrogens with zero attached hydrogens (tertiary/aromatic N) is 3. The second-order valence-electron chi connectivity index (χ2n) is 5.62. The highest BCUT2D eigenvalue weighted by Gasteiger charge is 2.12. The molecule has 0 aromatic heterocycles. The van der Waals surface area contributed by atoms with E-state index in [2.05, 4.69) is 22.0 Å². The molecule has 26 heavy (non-hydrogen) atoms. The van der Waals surface area contributed by atoms with Gasteiger partial charge in [-0.15, -0.1) is 0 Å². The average Bonchev–Trinajstić information content (AvgIpc) is 2.65. The zero-order chi connectivity index (χ0) is 19.1. The lowest BCUT2D eigenvalue weighted by atomic mass is 10.1. The van der Waals surface area contributed by atoms with Crippen molar-refractivity contribution in [2.45, 2.75) is 6.61 Å². The third-order valence-electron chi connectivity index (χ3n) is 3.54. The van der Waals surface area contributed by atoms with E-state index in [-0.39, 0.29) is 18.1 Å². The first-order chi connectivity index (χ1) is 12.5. The minimum atomic E-state index is -0.350. The van der Waals surface area contributed by atoms with Crippen LogP contribution in [-0.2, 0) is 11.4 Å². The SMILES string of the molecule is CN(C)C(=O)/C(C#N)=C\c1ccc(OCc2ccccc2C#N)c(Br)c1. The Hall–Kier alpha value is -3.09. The smallest absolute Gasteiger partial charge is 0.264 e. The molecule has 0 aliphatic carbocycles. The van der Waals surface area contributed by atoms with Gasteiger partial charge >= 0.3 is 0 Å². The third kappa shape index (κ3) is 4.72. The van der Waals surface area contributed by atoms with Gasteiger partial charge in [0.2, 0.25) is 0 Å². The van der Waals surface area contributed by atoms with Gasteiger partial charge in [0, 0.05) is 19.7 Å². The van der Waals surface area contributed by atoms with Crippen LogP contribution in [0.25, 0.3) is 6.08 Å². The van der Waals surface area contributed by atoms with Crippen molar-refractivity contribution in [3.05, 3.63) is 69.2 Å². The molecule has 2 aromatic rings. The second kappa shape index (κ2) is 8.84. The van der Waals surface area contributed by atoms with Crippen molar-refractivity contribution in [1.82, 2.24) is 4.90 Å². The fraction of sp³-hybridized carbons (Fsp3) is 0.150. The van der Waals surface area contributed by atoms with Crippen molar-refractivity contribution in [2.75, 3.05) is 14.1 Å². The first kappa shape index (κ1) is 19.2. The maximum atomic E-state index is 11.9. The molecule has 0 spiro atoms. The maximum absolute atomic E-state index is 11.9. The number of likely N-dealkylation sites (N-methyl/N-ethyl adjacent to an activating group) is 1. The van der Waals surface area contributed by atoms with Gasteiger partial charge in [-0.25, -0.2) is 0 Å². The Bertz CT molecular complexity index is 937. The Kier molecular flexibility index (Phi) is 6.54. The third-order valence-corrected chi connectivity index (χ3v) is 4.16. The molecule has 0 N–H and O–H groups in total. The molecule has 0 unspecified atom stereocenters. The lowest BCUT2D eigenvalue weighted by Gasteiger charge is -2.11. The van der Waals surface area contributed by atoms with Crippen molar-refractivity contribution in [2.24, 2.45) is 0 Å². The molecule has 2 rings (SSSR count). The van der Waals surface area contributed by atoms with Gasteiger partial charge in [-0.1, -0.05) is 24.3 Å². The van der Waals surface area contributed by atoms with Crippen LogP contribution in [-0.4, -0.2) is 24.9 Å². The molecule has 6 heteroatoms. The zero-order valence-electron chi connectivity index (χ0n) is 14.4. The van der Waals surface area contributed by atoms with E-state index < -0.39 is 0 Å². The number of ether oxygens (including phenoxy) is 1. The van der Waals surface area contributed by atoms with Crippen molar-refractivity contribution in [1.29, 1.82) is 10.5 Å². The highest BCUT2D eigenvalue weighted by Crippen LogP contribution is 2.28. The van der Waals surface area contributed by atoms with E-state index in [1.165, 1.54) is 11.0 Å². The Morgan fingerprint density at radius 3 is 2.58 bits per heavy atom. The molecule has 0 saturated heterocycles. The van der Waals surface area contributed by atoms with Crippen LogP contribution in [0.3, 0.4) is 0 Å². The molecule has 5 nitrogen and oxygen atoms in total. The van der Waals surface area contributed by atoms with Crippen LogP contribution in [0, 0.1) is 22.7 Å². The number of amides is 1. The van der Waals surface area contributed by atoms with E-state index in [0.717, 1.165) is 5.56 Å². The zero-order valence-corrected chi connectivity index (χ0v) is 15.9. The van der Waals surface area contributed by atoms with Gasteiger partial charge in [-0.05, 0) is 45.8 Å². The van der Waals surface area contributed by atoms with Crippen LogP contribution in [0.4, 0.5) is 0 Å². The van der Waals surface area contributed by atoms with Crippen LogP contribution >= 0.6 is 15.9 Å². The summed E-state index contributed by atoms with van der Waals surface area (Å²) in [7, 11) is 3.19. The molecule has 0 bridgehead atoms. The molecule has 0 saturated carbocycles. The summed E-state index contributed by atoms with van der Waals surface area (Å²) in [5.74, 6) is 0.254. The van der Waals surface area contributed by atoms with E-state index >= 15 is 0 Å². The van der Waals surface area contributed by atoms with Gasteiger partial charge in [-0.2, -0.15) is 10.5 Å². The monoisotopic (exact) mass is 409 g/mol. The van der Waals surface area contributed by atoms with E-state index in [1.807, 2.05) is 18.2 Å². The van der Waals surface area contributed by atoms with Crippen molar-refractivity contribution >= 4 is 27.9 Å². The number of rotatable bonds is 5. The normalized spacial score (nSPS) is 10.6. The lowest BCUT2D eigenvalue weighted by Crippen LogP contribution is -2.22. The molecule has 0 aliphatic heterocycles. The van der Waals surface area contributed by atoms with Crippen LogP contribution in [0.2, 0.25) is 0 Å². The molecule has 0 heterocycles. The van der Waals surface area contributed by atoms with E-state index in [1.54, 1.807) is 44.4 Å². The molecule has 0 radical (unpaired) electrons. The van der Waals surface area contributed by atoms with Gasteiger partial charge in [-0.3, -0.25) is 4.79 Å². The summed E-state index contributed by atoms with van der Waals surface area (Å²) in [4.78, 5) is 13.3. The largest absolute Gasteiger partial charge is 0.488 e. The Labute approximate surface area is 160 Å². The average molecular weight is 410 g/mol. The molecule has 0 fully saturated rings. The van der Waals surface area contributed by atoms with Gasteiger partial charge in [0.15, 0.2) is 0 Å². The van der Waals surface area contributed by atoms with Gasteiger partial charge in [0.05, 0.1) is 16.1 Å². The van der Waals surface area contributed by atoms with Gasteiger partial charge in [0.25, 0.3) is 5.91 Å². The van der Waals surface area contributed by atoms with E-state index in [9.17, 15) is 4.79 Å². The first-order valence-electron chi connectivity index (χ1n) is 7.70. The number of hydrogen-bond acceptors (Lipinski definition) is 4. The number of benzene rings is 2. The molecular weight excluding hydrogens is 394 g/mol. The minimum Gasteiger partial charge on any atom is -0.488 e. The Balaban J connectivity index is 2.19. The summed E-state index contributed by atoms with van der Waals surface area (Å²) in [5, 5.41) is 18.3. The minimum absolute atomic E-state index is 0.0542. The molecule has 0 atom stereocenters. The number of hydrogen-bond donors (Lipinski definition) is 0. The van der Waals surface area contributed by atoms with E-state index in [4.69, 9.17) is 15.3 Å². The molecular formula is C20H16BrN3O2. The number of carbonyl (C=O) groups is 1. The summed E-state index contributed by atoms with van der Waals surface area (Å²) in [6.45, 7) is 0.264. The summed E-state index contributed by atoms with van der Waals surface area (Å²) in [6.07, 6.45) is 1.53. The molecule has 1 amide bonds. The van der Waals surface area contributed by atoms with Crippen LogP contribution in [0.1, 0.15) is 16.7 Å². The number of halogens is 1. The summed E-state index contributed by atoms with van der Waals surface area (Å²) in [6, 6.07) is 16.6. The Morgan fingerprint density at radius 1 is 1.23 bits per heavy atom. The Morgan fingerprint density at radius 2 is 1.96 bits per heavy atom. The molecule has 0 aliphatic rings. The fourth-order valence-corrected chi connectivity index (χ4v) is 2.70. The standard InChI is InChI=1S/C20H16BrN3O2/c1-24(2)20(25)17(12-23)9-14-7-8-19(18(21)10-14)26-13-16-6-4-3-5-15(16)11-22/h3-10H,13H2,1-2H3/b17-9-.